The number of amides is 1. The van der Waals surface area contributed by atoms with Gasteiger partial charge >= 0.3 is 6.09 Å². The number of carbonyl (C=O) groups is 2. The summed E-state index contributed by atoms with van der Waals surface area (Å²) in [6, 6.07) is 10.1. The number of nitrogens with zero attached hydrogens (tertiary/aromatic N) is 4. The quantitative estimate of drug-likeness (QED) is 0.329. The molecule has 5 rings (SSSR count). The van der Waals surface area contributed by atoms with Crippen molar-refractivity contribution < 1.29 is 18.8 Å². The van der Waals surface area contributed by atoms with E-state index in [1.807, 2.05) is 45.9 Å². The summed E-state index contributed by atoms with van der Waals surface area (Å²) < 4.78 is 13.9. The lowest BCUT2D eigenvalue weighted by molar-refractivity contribution is -0.0321. The van der Waals surface area contributed by atoms with Crippen molar-refractivity contribution in [3.05, 3.63) is 52.7 Å². The molecule has 1 N–H and O–H groups in total. The molecular formula is C34H49N5O4Si. The summed E-state index contributed by atoms with van der Waals surface area (Å²) in [6.07, 6.45) is 0.732. The van der Waals surface area contributed by atoms with Crippen LogP contribution < -0.4 is 5.32 Å². The fourth-order valence-corrected chi connectivity index (χ4v) is 7.09. The summed E-state index contributed by atoms with van der Waals surface area (Å²) in [5.41, 5.74) is 4.73. The largest absolute Gasteiger partial charge is 0.443 e. The molecule has 44 heavy (non-hydrogen) atoms. The monoisotopic (exact) mass is 619 g/mol. The van der Waals surface area contributed by atoms with Gasteiger partial charge in [-0.2, -0.15) is 0 Å². The van der Waals surface area contributed by atoms with E-state index in [2.05, 4.69) is 61.1 Å². The second kappa shape index (κ2) is 12.4. The van der Waals surface area contributed by atoms with Crippen LogP contribution in [0.2, 0.25) is 13.1 Å². The average Bonchev–Trinajstić information content (AvgIpc) is 3.46. The number of aryl methyl sites for hydroxylation is 1. The zero-order valence-corrected chi connectivity index (χ0v) is 29.1. The molecule has 0 saturated carbocycles. The summed E-state index contributed by atoms with van der Waals surface area (Å²) in [7, 11) is -1.16. The van der Waals surface area contributed by atoms with Crippen molar-refractivity contribution >= 4 is 31.9 Å². The molecular weight excluding hydrogens is 570 g/mol. The number of pyridine rings is 1. The number of hydrogen-bond donors (Lipinski definition) is 1. The number of aromatic nitrogens is 2. The molecule has 1 aromatic carbocycles. The Kier molecular flexibility index (Phi) is 9.10. The summed E-state index contributed by atoms with van der Waals surface area (Å²) in [5.74, 6) is -0.172. The number of nitrogens with one attached hydrogen (secondary N) is 1. The van der Waals surface area contributed by atoms with Crippen LogP contribution in [0.5, 0.6) is 0 Å². The Morgan fingerprint density at radius 1 is 1.05 bits per heavy atom. The highest BCUT2D eigenvalue weighted by Gasteiger charge is 2.31. The van der Waals surface area contributed by atoms with Crippen LogP contribution in [0.25, 0.3) is 22.3 Å². The first kappa shape index (κ1) is 32.3. The minimum absolute atomic E-state index is 0.172. The first-order valence-electron chi connectivity index (χ1n) is 15.9. The first-order valence-corrected chi connectivity index (χ1v) is 18.6. The fourth-order valence-electron chi connectivity index (χ4n) is 6.19. The van der Waals surface area contributed by atoms with Gasteiger partial charge in [-0.05, 0) is 88.0 Å². The molecule has 238 valence electrons. The zero-order chi connectivity index (χ0) is 32.0. The van der Waals surface area contributed by atoms with E-state index in [4.69, 9.17) is 14.1 Å². The van der Waals surface area contributed by atoms with Crippen molar-refractivity contribution in [2.75, 3.05) is 26.2 Å². The Labute approximate surface area is 263 Å². The minimum Gasteiger partial charge on any atom is -0.443 e. The molecule has 4 heterocycles. The third-order valence-corrected chi connectivity index (χ3v) is 8.88. The fraction of sp³-hybridized carbons (Fsp3) is 0.559. The molecule has 1 unspecified atom stereocenters. The van der Waals surface area contributed by atoms with Gasteiger partial charge in [0.25, 0.3) is 5.91 Å². The molecule has 9 nitrogen and oxygen atoms in total. The van der Waals surface area contributed by atoms with Crippen LogP contribution in [0, 0.1) is 12.3 Å². The van der Waals surface area contributed by atoms with Crippen LogP contribution in [0.1, 0.15) is 75.1 Å². The zero-order valence-electron chi connectivity index (χ0n) is 27.9. The van der Waals surface area contributed by atoms with Gasteiger partial charge < -0.3 is 14.5 Å². The van der Waals surface area contributed by atoms with Crippen LogP contribution in [0.4, 0.5) is 4.79 Å². The highest BCUT2D eigenvalue weighted by atomic mass is 28.3. The SMILES string of the molecule is Cc1cc2c(c(-c3cc4cc(CN5CCN(C(CC(C)(C)C)O[SiH](C)C)CC5)ccc4n3C(=O)OC(C)(C)C)n1)C(=O)NC2. The smallest absolute Gasteiger partial charge is 0.419 e. The van der Waals surface area contributed by atoms with Crippen LogP contribution >= 0.6 is 0 Å². The van der Waals surface area contributed by atoms with E-state index >= 15 is 0 Å². The summed E-state index contributed by atoms with van der Waals surface area (Å²) in [6.45, 7) is 24.0. The van der Waals surface area contributed by atoms with E-state index in [-0.39, 0.29) is 17.6 Å². The normalized spacial score (nSPS) is 17.3. The van der Waals surface area contributed by atoms with Gasteiger partial charge in [-0.25, -0.2) is 9.36 Å². The Bertz CT molecular complexity index is 1540. The van der Waals surface area contributed by atoms with Crippen LogP contribution in [-0.4, -0.2) is 78.4 Å². The second-order valence-corrected chi connectivity index (χ2v) is 17.2. The van der Waals surface area contributed by atoms with Crippen LogP contribution in [-0.2, 0) is 22.3 Å². The number of ether oxygens (including phenoxy) is 1. The number of fused-ring (bicyclic) bond motifs is 2. The number of rotatable bonds is 7. The van der Waals surface area contributed by atoms with Crippen molar-refractivity contribution in [1.82, 2.24) is 24.7 Å². The van der Waals surface area contributed by atoms with Crippen molar-refractivity contribution in [1.29, 1.82) is 0 Å². The Hall–Kier alpha value is -3.05. The molecule has 0 radical (unpaired) electrons. The maximum atomic E-state index is 13.6. The summed E-state index contributed by atoms with van der Waals surface area (Å²) in [5, 5.41) is 3.82. The third-order valence-electron chi connectivity index (χ3n) is 8.02. The maximum absolute atomic E-state index is 13.6. The molecule has 1 atom stereocenters. The number of hydrogen-bond acceptors (Lipinski definition) is 7. The molecule has 2 aliphatic heterocycles. The third kappa shape index (κ3) is 7.42. The van der Waals surface area contributed by atoms with Gasteiger partial charge in [-0.15, -0.1) is 0 Å². The standard InChI is InChI=1S/C34H49N5O4Si/c1-22-16-25-20-35-31(40)29(25)30(36-22)27-18-24-17-23(10-11-26(24)39(27)32(41)42-34(5,6)7)21-37-12-14-38(15-13-37)28(43-44(8)9)19-33(2,3)4/h10-11,16-18,28,44H,12-15,19-21H2,1-9H3,(H,35,40). The molecule has 0 spiro atoms. The average molecular weight is 620 g/mol. The maximum Gasteiger partial charge on any atom is 0.419 e. The highest BCUT2D eigenvalue weighted by molar-refractivity contribution is 6.48. The number of carbonyl (C=O) groups excluding carboxylic acids is 2. The summed E-state index contributed by atoms with van der Waals surface area (Å²) >= 11 is 0. The molecule has 0 bridgehead atoms. The van der Waals surface area contributed by atoms with Crippen LogP contribution in [0.15, 0.2) is 30.3 Å². The lowest BCUT2D eigenvalue weighted by Crippen LogP contribution is -2.52. The Morgan fingerprint density at radius 3 is 2.39 bits per heavy atom. The lowest BCUT2D eigenvalue weighted by atomic mass is 9.91. The van der Waals surface area contributed by atoms with Crippen molar-refractivity contribution in [2.45, 2.75) is 92.9 Å². The van der Waals surface area contributed by atoms with Crippen molar-refractivity contribution in [3.63, 3.8) is 0 Å². The first-order chi connectivity index (χ1) is 20.6. The van der Waals surface area contributed by atoms with Gasteiger partial charge in [-0.3, -0.25) is 19.6 Å². The predicted octanol–water partition coefficient (Wildman–Crippen LogP) is 5.92. The highest BCUT2D eigenvalue weighted by Crippen LogP contribution is 2.34. The van der Waals surface area contributed by atoms with E-state index in [9.17, 15) is 9.59 Å². The molecule has 10 heteroatoms. The van der Waals surface area contributed by atoms with E-state index in [1.165, 1.54) is 5.56 Å². The van der Waals surface area contributed by atoms with Crippen LogP contribution in [0.3, 0.4) is 0 Å². The molecule has 1 amide bonds. The topological polar surface area (TPSA) is 88.9 Å². The number of benzene rings is 1. The summed E-state index contributed by atoms with van der Waals surface area (Å²) in [4.78, 5) is 36.3. The predicted molar refractivity (Wildman–Crippen MR) is 177 cm³/mol. The second-order valence-electron chi connectivity index (χ2n) is 14.8. The molecule has 0 aliphatic carbocycles. The Morgan fingerprint density at radius 2 is 1.75 bits per heavy atom. The van der Waals surface area contributed by atoms with Crippen molar-refractivity contribution in [3.8, 4) is 11.4 Å². The van der Waals surface area contributed by atoms with Gasteiger partial charge in [0, 0.05) is 50.3 Å². The molecule has 1 saturated heterocycles. The molecule has 2 aromatic heterocycles. The molecule has 1 fully saturated rings. The molecule has 2 aliphatic rings. The Balaban J connectivity index is 1.42. The van der Waals surface area contributed by atoms with Gasteiger partial charge in [0.15, 0.2) is 9.04 Å². The lowest BCUT2D eigenvalue weighted by Gasteiger charge is -2.41. The van der Waals surface area contributed by atoms with Gasteiger partial charge in [0.2, 0.25) is 0 Å². The van der Waals surface area contributed by atoms with Gasteiger partial charge in [-0.1, -0.05) is 26.8 Å². The van der Waals surface area contributed by atoms with Gasteiger partial charge in [0.05, 0.1) is 23.0 Å². The van der Waals surface area contributed by atoms with Gasteiger partial charge in [0.1, 0.15) is 11.3 Å². The molecule has 3 aromatic rings. The minimum atomic E-state index is -1.16. The van der Waals surface area contributed by atoms with E-state index < -0.39 is 20.7 Å². The van der Waals surface area contributed by atoms with E-state index in [0.717, 1.165) is 61.3 Å². The van der Waals surface area contributed by atoms with Crippen molar-refractivity contribution in [2.24, 2.45) is 5.41 Å². The number of piperazine rings is 1. The van der Waals surface area contributed by atoms with E-state index in [0.29, 0.717) is 23.5 Å². The van der Waals surface area contributed by atoms with E-state index in [1.54, 1.807) is 4.57 Å².